The van der Waals surface area contributed by atoms with Crippen molar-refractivity contribution in [1.29, 1.82) is 0 Å². The van der Waals surface area contributed by atoms with Crippen molar-refractivity contribution >= 4 is 6.09 Å². The molecule has 2 rings (SSSR count). The van der Waals surface area contributed by atoms with Crippen molar-refractivity contribution in [2.45, 2.75) is 51.2 Å². The zero-order valence-corrected chi connectivity index (χ0v) is 11.8. The molecule has 0 bridgehead atoms. The Morgan fingerprint density at radius 3 is 2.63 bits per heavy atom. The van der Waals surface area contributed by atoms with Crippen molar-refractivity contribution in [3.8, 4) is 0 Å². The molecule has 19 heavy (non-hydrogen) atoms. The van der Waals surface area contributed by atoms with Gasteiger partial charge < -0.3 is 20.1 Å². The summed E-state index contributed by atoms with van der Waals surface area (Å²) in [5, 5.41) is 13.3. The maximum Gasteiger partial charge on any atom is 0.409 e. The van der Waals surface area contributed by atoms with Gasteiger partial charge in [0.25, 0.3) is 0 Å². The first-order valence-electron chi connectivity index (χ1n) is 7.54. The SMILES string of the molecule is CCOC(=O)N1CCC(NCC2CCCC2O)CC1. The van der Waals surface area contributed by atoms with Crippen LogP contribution in [0, 0.1) is 5.92 Å². The van der Waals surface area contributed by atoms with Crippen LogP contribution in [0.1, 0.15) is 39.0 Å². The van der Waals surface area contributed by atoms with E-state index in [0.717, 1.165) is 51.7 Å². The summed E-state index contributed by atoms with van der Waals surface area (Å²) in [6.45, 7) is 4.72. The van der Waals surface area contributed by atoms with E-state index in [1.807, 2.05) is 6.92 Å². The monoisotopic (exact) mass is 270 g/mol. The molecule has 2 unspecified atom stereocenters. The maximum absolute atomic E-state index is 11.6. The largest absolute Gasteiger partial charge is 0.450 e. The fourth-order valence-corrected chi connectivity index (χ4v) is 3.05. The number of nitrogens with one attached hydrogen (secondary N) is 1. The molecule has 110 valence electrons. The lowest BCUT2D eigenvalue weighted by atomic mass is 10.0. The Kier molecular flexibility index (Phi) is 5.45. The fourth-order valence-electron chi connectivity index (χ4n) is 3.05. The van der Waals surface area contributed by atoms with E-state index < -0.39 is 0 Å². The van der Waals surface area contributed by atoms with Crippen molar-refractivity contribution in [2.24, 2.45) is 5.92 Å². The molecule has 1 amide bonds. The number of piperidine rings is 1. The summed E-state index contributed by atoms with van der Waals surface area (Å²) in [7, 11) is 0. The van der Waals surface area contributed by atoms with Crippen molar-refractivity contribution < 1.29 is 14.6 Å². The topological polar surface area (TPSA) is 61.8 Å². The normalized spacial score (nSPS) is 28.6. The summed E-state index contributed by atoms with van der Waals surface area (Å²) in [6, 6.07) is 0.471. The molecule has 1 aliphatic carbocycles. The number of hydrogen-bond donors (Lipinski definition) is 2. The predicted octanol–water partition coefficient (Wildman–Crippen LogP) is 1.36. The Balaban J connectivity index is 1.64. The molecule has 1 saturated carbocycles. The van der Waals surface area contributed by atoms with Gasteiger partial charge in [0.05, 0.1) is 12.7 Å². The molecular weight excluding hydrogens is 244 g/mol. The van der Waals surface area contributed by atoms with Crippen LogP contribution in [-0.4, -0.2) is 54.5 Å². The minimum absolute atomic E-state index is 0.118. The average Bonchev–Trinajstić information content (AvgIpc) is 2.83. The molecule has 0 radical (unpaired) electrons. The second-order valence-corrected chi connectivity index (χ2v) is 5.63. The summed E-state index contributed by atoms with van der Waals surface area (Å²) in [4.78, 5) is 13.3. The average molecular weight is 270 g/mol. The zero-order valence-electron chi connectivity index (χ0n) is 11.8. The molecule has 5 nitrogen and oxygen atoms in total. The molecule has 0 aromatic rings. The summed E-state index contributed by atoms with van der Waals surface area (Å²) in [5.74, 6) is 0.420. The van der Waals surface area contributed by atoms with Crippen LogP contribution in [0.2, 0.25) is 0 Å². The van der Waals surface area contributed by atoms with Crippen molar-refractivity contribution in [2.75, 3.05) is 26.2 Å². The van der Waals surface area contributed by atoms with Gasteiger partial charge in [-0.1, -0.05) is 6.42 Å². The number of carbonyl (C=O) groups excluding carboxylic acids is 1. The van der Waals surface area contributed by atoms with E-state index in [4.69, 9.17) is 4.74 Å². The second-order valence-electron chi connectivity index (χ2n) is 5.63. The van der Waals surface area contributed by atoms with E-state index in [-0.39, 0.29) is 12.2 Å². The summed E-state index contributed by atoms with van der Waals surface area (Å²) >= 11 is 0. The molecule has 5 heteroatoms. The lowest BCUT2D eigenvalue weighted by molar-refractivity contribution is 0.0929. The zero-order chi connectivity index (χ0) is 13.7. The van der Waals surface area contributed by atoms with Gasteiger partial charge in [0.15, 0.2) is 0 Å². The molecule has 2 fully saturated rings. The van der Waals surface area contributed by atoms with Gasteiger partial charge in [-0.2, -0.15) is 0 Å². The van der Waals surface area contributed by atoms with E-state index in [1.165, 1.54) is 0 Å². The minimum Gasteiger partial charge on any atom is -0.450 e. The van der Waals surface area contributed by atoms with Crippen LogP contribution < -0.4 is 5.32 Å². The molecule has 2 atom stereocenters. The molecule has 1 saturated heterocycles. The lowest BCUT2D eigenvalue weighted by Crippen LogP contribution is -2.46. The number of ether oxygens (including phenoxy) is 1. The van der Waals surface area contributed by atoms with Crippen LogP contribution >= 0.6 is 0 Å². The standard InChI is InChI=1S/C14H26N2O3/c1-2-19-14(18)16-8-6-12(7-9-16)15-10-11-4-3-5-13(11)17/h11-13,15,17H,2-10H2,1H3. The van der Waals surface area contributed by atoms with Gasteiger partial charge in [0, 0.05) is 25.7 Å². The molecular formula is C14H26N2O3. The number of rotatable bonds is 4. The minimum atomic E-state index is -0.188. The molecule has 0 aromatic carbocycles. The Morgan fingerprint density at radius 1 is 1.32 bits per heavy atom. The Hall–Kier alpha value is -0.810. The first-order valence-corrected chi connectivity index (χ1v) is 7.54. The van der Waals surface area contributed by atoms with Crippen LogP contribution in [0.4, 0.5) is 4.79 Å². The summed E-state index contributed by atoms with van der Waals surface area (Å²) in [5.41, 5.74) is 0. The van der Waals surface area contributed by atoms with Crippen molar-refractivity contribution in [3.63, 3.8) is 0 Å². The fraction of sp³-hybridized carbons (Fsp3) is 0.929. The highest BCUT2D eigenvalue weighted by atomic mass is 16.6. The quantitative estimate of drug-likeness (QED) is 0.809. The van der Waals surface area contributed by atoms with E-state index in [1.54, 1.807) is 4.90 Å². The van der Waals surface area contributed by atoms with Crippen molar-refractivity contribution in [3.05, 3.63) is 0 Å². The Morgan fingerprint density at radius 2 is 2.05 bits per heavy atom. The number of carbonyl (C=O) groups is 1. The highest BCUT2D eigenvalue weighted by molar-refractivity contribution is 5.67. The highest BCUT2D eigenvalue weighted by Crippen LogP contribution is 2.25. The van der Waals surface area contributed by atoms with Gasteiger partial charge in [-0.3, -0.25) is 0 Å². The van der Waals surface area contributed by atoms with Gasteiger partial charge in [0.2, 0.25) is 0 Å². The molecule has 0 spiro atoms. The summed E-state index contributed by atoms with van der Waals surface area (Å²) < 4.78 is 5.01. The third-order valence-corrected chi connectivity index (χ3v) is 4.31. The first kappa shape index (κ1) is 14.6. The predicted molar refractivity (Wildman–Crippen MR) is 73.0 cm³/mol. The third kappa shape index (κ3) is 4.08. The van der Waals surface area contributed by atoms with Gasteiger partial charge in [-0.05, 0) is 38.5 Å². The van der Waals surface area contributed by atoms with Crippen LogP contribution in [-0.2, 0) is 4.74 Å². The van der Waals surface area contributed by atoms with E-state index in [9.17, 15) is 9.90 Å². The van der Waals surface area contributed by atoms with Gasteiger partial charge in [0.1, 0.15) is 0 Å². The van der Waals surface area contributed by atoms with Crippen LogP contribution in [0.15, 0.2) is 0 Å². The Bertz CT molecular complexity index is 290. The molecule has 2 aliphatic rings. The van der Waals surface area contributed by atoms with Gasteiger partial charge in [-0.15, -0.1) is 0 Å². The van der Waals surface area contributed by atoms with Crippen LogP contribution in [0.3, 0.4) is 0 Å². The van der Waals surface area contributed by atoms with Crippen molar-refractivity contribution in [1.82, 2.24) is 10.2 Å². The van der Waals surface area contributed by atoms with Gasteiger partial charge in [-0.25, -0.2) is 4.79 Å². The third-order valence-electron chi connectivity index (χ3n) is 4.31. The maximum atomic E-state index is 11.6. The summed E-state index contributed by atoms with van der Waals surface area (Å²) in [6.07, 6.45) is 4.88. The second kappa shape index (κ2) is 7.10. The van der Waals surface area contributed by atoms with Gasteiger partial charge >= 0.3 is 6.09 Å². The lowest BCUT2D eigenvalue weighted by Gasteiger charge is -2.32. The van der Waals surface area contributed by atoms with E-state index in [2.05, 4.69) is 5.32 Å². The number of amides is 1. The van der Waals surface area contributed by atoms with E-state index in [0.29, 0.717) is 18.6 Å². The molecule has 2 N–H and O–H groups in total. The number of nitrogens with zero attached hydrogens (tertiary/aromatic N) is 1. The molecule has 1 aliphatic heterocycles. The number of aliphatic hydroxyl groups is 1. The van der Waals surface area contributed by atoms with E-state index >= 15 is 0 Å². The molecule has 1 heterocycles. The Labute approximate surface area is 115 Å². The van der Waals surface area contributed by atoms with Crippen LogP contribution in [0.5, 0.6) is 0 Å². The number of hydrogen-bond acceptors (Lipinski definition) is 4. The van der Waals surface area contributed by atoms with Crippen LogP contribution in [0.25, 0.3) is 0 Å². The highest BCUT2D eigenvalue weighted by Gasteiger charge is 2.27. The number of aliphatic hydroxyl groups excluding tert-OH is 1. The number of likely N-dealkylation sites (tertiary alicyclic amines) is 1. The molecule has 0 aromatic heterocycles. The smallest absolute Gasteiger partial charge is 0.409 e. The first-order chi connectivity index (χ1) is 9.20.